The average molecular weight is 363 g/mol. The number of halogens is 1. The number of unbranched alkanes of at least 4 members (excludes halogenated alkanes) is 2. The van der Waals surface area contributed by atoms with Gasteiger partial charge in [0, 0.05) is 17.2 Å². The summed E-state index contributed by atoms with van der Waals surface area (Å²) in [7, 11) is 0. The van der Waals surface area contributed by atoms with Crippen LogP contribution in [0.3, 0.4) is 0 Å². The van der Waals surface area contributed by atoms with Gasteiger partial charge < -0.3 is 4.74 Å². The number of benzene rings is 1. The van der Waals surface area contributed by atoms with Crippen molar-refractivity contribution in [3.05, 3.63) is 41.3 Å². The fourth-order valence-electron chi connectivity index (χ4n) is 3.02. The SMILES string of the molecule is CCCCC[C@H]1O/C(c2cc3ccccc3s2)=C\C(=O)CC[C@H]1Cl. The zero-order chi connectivity index (χ0) is 16.9. The summed E-state index contributed by atoms with van der Waals surface area (Å²) < 4.78 is 7.46. The molecule has 1 aliphatic heterocycles. The molecule has 128 valence electrons. The van der Waals surface area contributed by atoms with E-state index in [0.29, 0.717) is 18.6 Å². The van der Waals surface area contributed by atoms with Gasteiger partial charge in [0.1, 0.15) is 11.9 Å². The molecule has 0 radical (unpaired) electrons. The van der Waals surface area contributed by atoms with E-state index in [4.69, 9.17) is 16.3 Å². The summed E-state index contributed by atoms with van der Waals surface area (Å²) in [5, 5.41) is 1.07. The predicted octanol–water partition coefficient (Wildman–Crippen LogP) is 6.18. The van der Waals surface area contributed by atoms with Gasteiger partial charge in [-0.3, -0.25) is 4.79 Å². The van der Waals surface area contributed by atoms with Crippen molar-refractivity contribution in [2.45, 2.75) is 56.9 Å². The molecule has 2 aromatic rings. The van der Waals surface area contributed by atoms with E-state index in [-0.39, 0.29) is 17.3 Å². The third kappa shape index (κ3) is 4.20. The lowest BCUT2D eigenvalue weighted by Crippen LogP contribution is -2.26. The molecule has 24 heavy (non-hydrogen) atoms. The van der Waals surface area contributed by atoms with Gasteiger partial charge >= 0.3 is 0 Å². The molecule has 1 aromatic heterocycles. The number of rotatable bonds is 5. The molecule has 0 fully saturated rings. The number of carbonyl (C=O) groups is 1. The molecule has 1 aromatic carbocycles. The summed E-state index contributed by atoms with van der Waals surface area (Å²) in [4.78, 5) is 13.1. The van der Waals surface area contributed by atoms with Gasteiger partial charge in [-0.05, 0) is 36.8 Å². The highest BCUT2D eigenvalue weighted by molar-refractivity contribution is 7.20. The van der Waals surface area contributed by atoms with E-state index in [9.17, 15) is 4.79 Å². The first-order valence-corrected chi connectivity index (χ1v) is 9.97. The number of ketones is 1. The highest BCUT2D eigenvalue weighted by Gasteiger charge is 2.26. The van der Waals surface area contributed by atoms with Crippen molar-refractivity contribution in [2.24, 2.45) is 0 Å². The monoisotopic (exact) mass is 362 g/mol. The maximum absolute atomic E-state index is 12.1. The highest BCUT2D eigenvalue weighted by Crippen LogP contribution is 2.34. The van der Waals surface area contributed by atoms with Crippen molar-refractivity contribution in [1.82, 2.24) is 0 Å². The van der Waals surface area contributed by atoms with Crippen LogP contribution in [0.2, 0.25) is 0 Å². The van der Waals surface area contributed by atoms with Crippen LogP contribution < -0.4 is 0 Å². The van der Waals surface area contributed by atoms with Crippen LogP contribution in [0, 0.1) is 0 Å². The van der Waals surface area contributed by atoms with Gasteiger partial charge in [-0.2, -0.15) is 0 Å². The van der Waals surface area contributed by atoms with E-state index in [1.807, 2.05) is 12.1 Å². The van der Waals surface area contributed by atoms with Crippen molar-refractivity contribution < 1.29 is 9.53 Å². The Labute approximate surface area is 152 Å². The minimum absolute atomic E-state index is 0.0252. The molecular weight excluding hydrogens is 340 g/mol. The second kappa shape index (κ2) is 8.17. The second-order valence-electron chi connectivity index (χ2n) is 6.33. The van der Waals surface area contributed by atoms with Crippen molar-refractivity contribution in [1.29, 1.82) is 0 Å². The molecule has 0 N–H and O–H groups in total. The summed E-state index contributed by atoms with van der Waals surface area (Å²) in [5.74, 6) is 0.785. The Morgan fingerprint density at radius 1 is 1.29 bits per heavy atom. The fraction of sp³-hybridized carbons (Fsp3) is 0.450. The number of ether oxygens (including phenoxy) is 1. The molecule has 1 aliphatic rings. The smallest absolute Gasteiger partial charge is 0.159 e. The third-order valence-electron chi connectivity index (χ3n) is 4.40. The van der Waals surface area contributed by atoms with E-state index in [1.165, 1.54) is 22.9 Å². The summed E-state index contributed by atoms with van der Waals surface area (Å²) in [6.45, 7) is 2.19. The van der Waals surface area contributed by atoms with Gasteiger partial charge in [0.15, 0.2) is 5.78 Å². The molecule has 3 rings (SSSR count). The van der Waals surface area contributed by atoms with E-state index < -0.39 is 0 Å². The van der Waals surface area contributed by atoms with Crippen LogP contribution in [-0.4, -0.2) is 17.3 Å². The molecule has 0 unspecified atom stereocenters. The summed E-state index contributed by atoms with van der Waals surface area (Å²) in [6.07, 6.45) is 7.24. The number of hydrogen-bond acceptors (Lipinski definition) is 3. The lowest BCUT2D eigenvalue weighted by molar-refractivity contribution is -0.115. The van der Waals surface area contributed by atoms with E-state index in [0.717, 1.165) is 17.7 Å². The molecule has 2 nitrogen and oxygen atoms in total. The number of thiophene rings is 1. The Hall–Kier alpha value is -1.32. The lowest BCUT2D eigenvalue weighted by Gasteiger charge is -2.26. The Kier molecular flexibility index (Phi) is 5.96. The number of carbonyl (C=O) groups excluding carboxylic acids is 1. The Bertz CT molecular complexity index is 701. The lowest BCUT2D eigenvalue weighted by atomic mass is 10.0. The highest BCUT2D eigenvalue weighted by atomic mass is 35.5. The zero-order valence-corrected chi connectivity index (χ0v) is 15.5. The van der Waals surface area contributed by atoms with Crippen LogP contribution in [0.15, 0.2) is 36.4 Å². The van der Waals surface area contributed by atoms with Gasteiger partial charge in [-0.1, -0.05) is 38.0 Å². The molecule has 2 heterocycles. The summed E-state index contributed by atoms with van der Waals surface area (Å²) in [5.41, 5.74) is 0. The first-order chi connectivity index (χ1) is 11.7. The van der Waals surface area contributed by atoms with Crippen molar-refractivity contribution in [2.75, 3.05) is 0 Å². The summed E-state index contributed by atoms with van der Waals surface area (Å²) >= 11 is 8.20. The normalized spacial score (nSPS) is 24.1. The standard InChI is InChI=1S/C20H23ClO2S/c1-2-3-4-8-17-16(21)11-10-15(22)13-18(23-17)20-12-14-7-5-6-9-19(14)24-20/h5-7,9,12-13,16-17H,2-4,8,10-11H2,1H3/b18-13-/t16-,17-/m1/s1. The number of fused-ring (bicyclic) bond motifs is 1. The van der Waals surface area contributed by atoms with Gasteiger partial charge in [-0.15, -0.1) is 22.9 Å². The van der Waals surface area contributed by atoms with Crippen LogP contribution in [-0.2, 0) is 9.53 Å². The van der Waals surface area contributed by atoms with E-state index >= 15 is 0 Å². The minimum atomic E-state index is -0.108. The topological polar surface area (TPSA) is 26.3 Å². The molecule has 0 bridgehead atoms. The van der Waals surface area contributed by atoms with Gasteiger partial charge in [0.2, 0.25) is 0 Å². The van der Waals surface area contributed by atoms with Crippen LogP contribution in [0.5, 0.6) is 0 Å². The van der Waals surface area contributed by atoms with E-state index in [1.54, 1.807) is 17.4 Å². The number of hydrogen-bond donors (Lipinski definition) is 0. The first kappa shape index (κ1) is 17.5. The van der Waals surface area contributed by atoms with Crippen LogP contribution >= 0.6 is 22.9 Å². The fourth-order valence-corrected chi connectivity index (χ4v) is 4.33. The zero-order valence-electron chi connectivity index (χ0n) is 14.0. The number of alkyl halides is 1. The largest absolute Gasteiger partial charge is 0.487 e. The molecule has 0 saturated heterocycles. The van der Waals surface area contributed by atoms with Crippen molar-refractivity contribution in [3.8, 4) is 0 Å². The second-order valence-corrected chi connectivity index (χ2v) is 7.97. The minimum Gasteiger partial charge on any atom is -0.487 e. The summed E-state index contributed by atoms with van der Waals surface area (Å²) in [6, 6.07) is 10.3. The van der Waals surface area contributed by atoms with Crippen molar-refractivity contribution in [3.63, 3.8) is 0 Å². The maximum atomic E-state index is 12.1. The molecule has 0 saturated carbocycles. The average Bonchev–Trinajstić information content (AvgIpc) is 3.01. The quantitative estimate of drug-likeness (QED) is 0.469. The third-order valence-corrected chi connectivity index (χ3v) is 6.03. The van der Waals surface area contributed by atoms with Crippen molar-refractivity contribution >= 4 is 44.6 Å². The molecule has 4 heteroatoms. The predicted molar refractivity (Wildman–Crippen MR) is 103 cm³/mol. The van der Waals surface area contributed by atoms with Gasteiger partial charge in [0.05, 0.1) is 10.3 Å². The van der Waals surface area contributed by atoms with Crippen LogP contribution in [0.4, 0.5) is 0 Å². The molecule has 2 atom stereocenters. The van der Waals surface area contributed by atoms with Crippen LogP contribution in [0.1, 0.15) is 50.3 Å². The Morgan fingerprint density at radius 3 is 2.92 bits per heavy atom. The Balaban J connectivity index is 1.87. The molecule has 0 amide bonds. The Morgan fingerprint density at radius 2 is 2.12 bits per heavy atom. The number of allylic oxidation sites excluding steroid dienone is 1. The maximum Gasteiger partial charge on any atom is 0.159 e. The molecule has 0 aliphatic carbocycles. The van der Waals surface area contributed by atoms with E-state index in [2.05, 4.69) is 25.1 Å². The van der Waals surface area contributed by atoms with Gasteiger partial charge in [0.25, 0.3) is 0 Å². The first-order valence-electron chi connectivity index (χ1n) is 8.71. The molecule has 0 spiro atoms. The molecular formula is C20H23ClO2S. The van der Waals surface area contributed by atoms with Gasteiger partial charge in [-0.25, -0.2) is 0 Å². The van der Waals surface area contributed by atoms with Crippen LogP contribution in [0.25, 0.3) is 15.8 Å².